The molecule has 1 amide bonds. The quantitative estimate of drug-likeness (QED) is 0.736. The van der Waals surface area contributed by atoms with Gasteiger partial charge in [-0.25, -0.2) is 0 Å². The smallest absolute Gasteiger partial charge is 0.255 e. The molecule has 18 heavy (non-hydrogen) atoms. The summed E-state index contributed by atoms with van der Waals surface area (Å²) in [6.45, 7) is 17.0. The molecule has 0 aromatic heterocycles. The summed E-state index contributed by atoms with van der Waals surface area (Å²) in [4.78, 5) is 14.6. The van der Waals surface area contributed by atoms with Crippen LogP contribution in [0, 0.1) is 11.8 Å². The number of nitrogens with zero attached hydrogens (tertiary/aromatic N) is 1. The molecule has 0 radical (unpaired) electrons. The molecule has 0 spiro atoms. The standard InChI is InChI=1S/C16H27NO/c1-9(2)13-14(10(3)4)16(18)17(12(7)8)15(13)11(5)6/h9-10,12H,1-8H3. The topological polar surface area (TPSA) is 20.3 Å². The first-order valence-electron chi connectivity index (χ1n) is 6.95. The lowest BCUT2D eigenvalue weighted by molar-refractivity contribution is -0.125. The van der Waals surface area contributed by atoms with Gasteiger partial charge in [0, 0.05) is 17.3 Å². The fourth-order valence-electron chi connectivity index (χ4n) is 2.75. The van der Waals surface area contributed by atoms with Crippen LogP contribution in [-0.4, -0.2) is 16.8 Å². The summed E-state index contributed by atoms with van der Waals surface area (Å²) in [6, 6.07) is 0.215. The highest BCUT2D eigenvalue weighted by Gasteiger charge is 2.38. The van der Waals surface area contributed by atoms with Crippen molar-refractivity contribution in [1.82, 2.24) is 4.90 Å². The summed E-state index contributed by atoms with van der Waals surface area (Å²) in [5, 5.41) is 0. The molecule has 1 heterocycles. The first-order valence-corrected chi connectivity index (χ1v) is 6.95. The second-order valence-corrected chi connectivity index (χ2v) is 6.25. The van der Waals surface area contributed by atoms with Crippen LogP contribution in [0.1, 0.15) is 55.4 Å². The molecule has 0 aromatic carbocycles. The third-order valence-electron chi connectivity index (χ3n) is 3.38. The van der Waals surface area contributed by atoms with E-state index in [9.17, 15) is 4.79 Å². The van der Waals surface area contributed by atoms with Gasteiger partial charge in [0.25, 0.3) is 5.91 Å². The zero-order chi connectivity index (χ0) is 14.2. The molecule has 102 valence electrons. The molecule has 0 saturated carbocycles. The number of carbonyl (C=O) groups excluding carboxylic acids is 1. The van der Waals surface area contributed by atoms with E-state index in [2.05, 4.69) is 55.4 Å². The molecule has 2 nitrogen and oxygen atoms in total. The van der Waals surface area contributed by atoms with Crippen LogP contribution in [0.5, 0.6) is 0 Å². The zero-order valence-electron chi connectivity index (χ0n) is 13.1. The van der Waals surface area contributed by atoms with Crippen molar-refractivity contribution >= 4 is 5.91 Å². The van der Waals surface area contributed by atoms with E-state index in [1.165, 1.54) is 11.1 Å². The molecule has 0 N–H and O–H groups in total. The maximum Gasteiger partial charge on any atom is 0.255 e. The molecule has 0 fully saturated rings. The molecule has 0 saturated heterocycles. The Bertz CT molecular complexity index is 407. The van der Waals surface area contributed by atoms with Gasteiger partial charge >= 0.3 is 0 Å². The lowest BCUT2D eigenvalue weighted by atomic mass is 9.90. The normalized spacial score (nSPS) is 16.9. The third-order valence-corrected chi connectivity index (χ3v) is 3.38. The van der Waals surface area contributed by atoms with Crippen molar-refractivity contribution in [3.63, 3.8) is 0 Å². The summed E-state index contributed by atoms with van der Waals surface area (Å²) in [5.74, 6) is 0.882. The number of hydrogen-bond acceptors (Lipinski definition) is 1. The fraction of sp³-hybridized carbons (Fsp3) is 0.688. The van der Waals surface area contributed by atoms with E-state index in [1.54, 1.807) is 0 Å². The summed E-state index contributed by atoms with van der Waals surface area (Å²) in [5.41, 5.74) is 4.66. The molecule has 1 aliphatic rings. The first kappa shape index (κ1) is 15.0. The average Bonchev–Trinajstić information content (AvgIpc) is 2.51. The molecular formula is C16H27NO. The van der Waals surface area contributed by atoms with Crippen LogP contribution >= 0.6 is 0 Å². The Morgan fingerprint density at radius 3 is 1.61 bits per heavy atom. The van der Waals surface area contributed by atoms with Crippen molar-refractivity contribution < 1.29 is 4.79 Å². The van der Waals surface area contributed by atoms with Crippen LogP contribution < -0.4 is 0 Å². The SMILES string of the molecule is CC(C)=C1C(C(C)C)=C(C(C)C)C(=O)N1C(C)C. The molecule has 0 atom stereocenters. The van der Waals surface area contributed by atoms with Gasteiger partial charge < -0.3 is 4.90 Å². The van der Waals surface area contributed by atoms with Gasteiger partial charge in [0.1, 0.15) is 0 Å². The van der Waals surface area contributed by atoms with Crippen LogP contribution in [-0.2, 0) is 4.79 Å². The molecule has 0 bridgehead atoms. The molecule has 0 aliphatic carbocycles. The van der Waals surface area contributed by atoms with Crippen LogP contribution in [0.3, 0.4) is 0 Å². The Balaban J connectivity index is 3.52. The number of carbonyl (C=O) groups is 1. The van der Waals surface area contributed by atoms with E-state index >= 15 is 0 Å². The van der Waals surface area contributed by atoms with Gasteiger partial charge in [0.05, 0.1) is 0 Å². The molecule has 2 heteroatoms. The van der Waals surface area contributed by atoms with Gasteiger partial charge in [-0.05, 0) is 45.1 Å². The van der Waals surface area contributed by atoms with Crippen molar-refractivity contribution in [2.75, 3.05) is 0 Å². The number of rotatable bonds is 3. The van der Waals surface area contributed by atoms with E-state index < -0.39 is 0 Å². The van der Waals surface area contributed by atoms with Crippen molar-refractivity contribution in [2.45, 2.75) is 61.4 Å². The molecular weight excluding hydrogens is 222 g/mol. The van der Waals surface area contributed by atoms with Gasteiger partial charge in [-0.15, -0.1) is 0 Å². The maximum atomic E-state index is 12.7. The molecule has 1 aliphatic heterocycles. The van der Waals surface area contributed by atoms with Gasteiger partial charge in [-0.2, -0.15) is 0 Å². The highest BCUT2D eigenvalue weighted by molar-refractivity contribution is 6.01. The van der Waals surface area contributed by atoms with Crippen molar-refractivity contribution in [2.24, 2.45) is 11.8 Å². The van der Waals surface area contributed by atoms with Crippen LogP contribution in [0.2, 0.25) is 0 Å². The summed E-state index contributed by atoms with van der Waals surface area (Å²) >= 11 is 0. The second-order valence-electron chi connectivity index (χ2n) is 6.25. The van der Waals surface area contributed by atoms with Crippen molar-refractivity contribution in [1.29, 1.82) is 0 Å². The van der Waals surface area contributed by atoms with Gasteiger partial charge in [0.2, 0.25) is 0 Å². The Labute approximate surface area is 112 Å². The lowest BCUT2D eigenvalue weighted by Crippen LogP contribution is -2.33. The monoisotopic (exact) mass is 249 g/mol. The van der Waals surface area contributed by atoms with E-state index in [-0.39, 0.29) is 17.9 Å². The zero-order valence-corrected chi connectivity index (χ0v) is 13.1. The highest BCUT2D eigenvalue weighted by atomic mass is 16.2. The van der Waals surface area contributed by atoms with Gasteiger partial charge in [-0.1, -0.05) is 33.3 Å². The first-order chi connectivity index (χ1) is 8.20. The molecule has 0 aromatic rings. The number of hydrogen-bond donors (Lipinski definition) is 0. The van der Waals surface area contributed by atoms with E-state index in [0.717, 1.165) is 11.3 Å². The summed E-state index contributed by atoms with van der Waals surface area (Å²) in [7, 11) is 0. The minimum Gasteiger partial charge on any atom is -0.306 e. The third kappa shape index (κ3) is 2.38. The van der Waals surface area contributed by atoms with E-state index in [1.807, 2.05) is 4.90 Å². The number of allylic oxidation sites excluding steroid dienone is 2. The number of amides is 1. The average molecular weight is 249 g/mol. The minimum atomic E-state index is 0.208. The Morgan fingerprint density at radius 1 is 0.889 bits per heavy atom. The Hall–Kier alpha value is -1.05. The Morgan fingerprint density at radius 2 is 1.33 bits per heavy atom. The molecule has 0 unspecified atom stereocenters. The fourth-order valence-corrected chi connectivity index (χ4v) is 2.75. The van der Waals surface area contributed by atoms with Gasteiger partial charge in [0.15, 0.2) is 0 Å². The molecule has 1 rings (SSSR count). The van der Waals surface area contributed by atoms with Gasteiger partial charge in [-0.3, -0.25) is 4.79 Å². The maximum absolute atomic E-state index is 12.7. The second kappa shape index (κ2) is 5.29. The Kier molecular flexibility index (Phi) is 4.41. The van der Waals surface area contributed by atoms with E-state index in [0.29, 0.717) is 5.92 Å². The summed E-state index contributed by atoms with van der Waals surface area (Å²) < 4.78 is 0. The largest absolute Gasteiger partial charge is 0.306 e. The highest BCUT2D eigenvalue weighted by Crippen LogP contribution is 2.40. The van der Waals surface area contributed by atoms with Crippen molar-refractivity contribution in [3.8, 4) is 0 Å². The minimum absolute atomic E-state index is 0.208. The predicted octanol–water partition coefficient (Wildman–Crippen LogP) is 4.14. The van der Waals surface area contributed by atoms with Crippen LogP contribution in [0.15, 0.2) is 22.4 Å². The van der Waals surface area contributed by atoms with Crippen molar-refractivity contribution in [3.05, 3.63) is 22.4 Å². The van der Waals surface area contributed by atoms with Crippen LogP contribution in [0.4, 0.5) is 0 Å². The lowest BCUT2D eigenvalue weighted by Gasteiger charge is -2.26. The predicted molar refractivity (Wildman–Crippen MR) is 77.1 cm³/mol. The van der Waals surface area contributed by atoms with E-state index in [4.69, 9.17) is 0 Å². The summed E-state index contributed by atoms with van der Waals surface area (Å²) in [6.07, 6.45) is 0. The van der Waals surface area contributed by atoms with Crippen LogP contribution in [0.25, 0.3) is 0 Å².